The van der Waals surface area contributed by atoms with E-state index < -0.39 is 0 Å². The maximum atomic E-state index is 6.23. The zero-order chi connectivity index (χ0) is 13.1. The number of aromatic nitrogens is 1. The molecular weight excluding hydrogens is 226 g/mol. The number of nitrogens with zero attached hydrogens (tertiary/aromatic N) is 1. The van der Waals surface area contributed by atoms with Gasteiger partial charge in [-0.25, -0.2) is 4.98 Å². The molecule has 1 aromatic carbocycles. The molecule has 1 atom stereocenters. The van der Waals surface area contributed by atoms with Gasteiger partial charge < -0.3 is 16.2 Å². The molecule has 1 aromatic heterocycles. The predicted octanol–water partition coefficient (Wildman–Crippen LogP) is 2.03. The van der Waals surface area contributed by atoms with Gasteiger partial charge in [0.15, 0.2) is 0 Å². The number of rotatable bonds is 3. The second-order valence-corrected chi connectivity index (χ2v) is 4.24. The molecule has 4 N–H and O–H groups in total. The van der Waals surface area contributed by atoms with Gasteiger partial charge in [0, 0.05) is 11.8 Å². The average Bonchev–Trinajstić information content (AvgIpc) is 2.41. The van der Waals surface area contributed by atoms with Crippen LogP contribution in [-0.4, -0.2) is 12.1 Å². The molecule has 0 spiro atoms. The highest BCUT2D eigenvalue weighted by Gasteiger charge is 2.13. The van der Waals surface area contributed by atoms with Crippen LogP contribution in [0, 0.1) is 6.92 Å². The minimum atomic E-state index is -0.299. The van der Waals surface area contributed by atoms with Crippen molar-refractivity contribution >= 4 is 5.82 Å². The maximum absolute atomic E-state index is 6.23. The minimum absolute atomic E-state index is 0.299. The highest BCUT2D eigenvalue weighted by atomic mass is 16.5. The summed E-state index contributed by atoms with van der Waals surface area (Å²) in [7, 11) is 1.63. The zero-order valence-electron chi connectivity index (χ0n) is 10.6. The lowest BCUT2D eigenvalue weighted by Gasteiger charge is -2.15. The Kier molecular flexibility index (Phi) is 3.48. The molecule has 0 saturated heterocycles. The van der Waals surface area contributed by atoms with Crippen LogP contribution in [0.25, 0.3) is 0 Å². The molecule has 4 heteroatoms. The summed E-state index contributed by atoms with van der Waals surface area (Å²) in [5, 5.41) is 0. The Hall–Kier alpha value is -2.07. The van der Waals surface area contributed by atoms with E-state index in [0.29, 0.717) is 5.82 Å². The Morgan fingerprint density at radius 3 is 2.78 bits per heavy atom. The molecular formula is C14H17N3O. The van der Waals surface area contributed by atoms with Crippen LogP contribution in [0.3, 0.4) is 0 Å². The number of hydrogen-bond donors (Lipinski definition) is 2. The number of nitrogen functional groups attached to an aromatic ring is 1. The summed E-state index contributed by atoms with van der Waals surface area (Å²) in [4.78, 5) is 4.13. The second kappa shape index (κ2) is 5.06. The second-order valence-electron chi connectivity index (χ2n) is 4.24. The first-order valence-electron chi connectivity index (χ1n) is 5.73. The first-order valence-corrected chi connectivity index (χ1v) is 5.73. The zero-order valence-corrected chi connectivity index (χ0v) is 10.6. The van der Waals surface area contributed by atoms with Gasteiger partial charge in [-0.05, 0) is 36.2 Å². The molecule has 2 aromatic rings. The van der Waals surface area contributed by atoms with E-state index in [2.05, 4.69) is 4.98 Å². The summed E-state index contributed by atoms with van der Waals surface area (Å²) in [6, 6.07) is 9.32. The minimum Gasteiger partial charge on any atom is -0.497 e. The Morgan fingerprint density at radius 2 is 2.06 bits per heavy atom. The highest BCUT2D eigenvalue weighted by Crippen LogP contribution is 2.26. The molecule has 0 aliphatic carbocycles. The van der Waals surface area contributed by atoms with Crippen molar-refractivity contribution in [3.8, 4) is 5.75 Å². The first-order chi connectivity index (χ1) is 8.61. The fourth-order valence-electron chi connectivity index (χ4n) is 1.87. The number of pyridine rings is 1. The monoisotopic (exact) mass is 243 g/mol. The molecule has 0 bridgehead atoms. The number of hydrogen-bond acceptors (Lipinski definition) is 4. The van der Waals surface area contributed by atoms with Crippen molar-refractivity contribution in [3.05, 3.63) is 53.2 Å². The van der Waals surface area contributed by atoms with Gasteiger partial charge in [0.05, 0.1) is 13.2 Å². The standard InChI is InChI=1S/C14H17N3O/c1-9-6-12(14(16)17-8-9)13(15)10-4-3-5-11(7-10)18-2/h3-8,13H,15H2,1-2H3,(H2,16,17). The molecule has 0 aliphatic heterocycles. The van der Waals surface area contributed by atoms with Crippen LogP contribution < -0.4 is 16.2 Å². The van der Waals surface area contributed by atoms with Gasteiger partial charge in [-0.3, -0.25) is 0 Å². The van der Waals surface area contributed by atoms with Crippen LogP contribution in [0.15, 0.2) is 36.5 Å². The lowest BCUT2D eigenvalue weighted by molar-refractivity contribution is 0.414. The Bertz CT molecular complexity index is 554. The number of anilines is 1. The third-order valence-electron chi connectivity index (χ3n) is 2.87. The van der Waals surface area contributed by atoms with E-state index >= 15 is 0 Å². The van der Waals surface area contributed by atoms with Gasteiger partial charge in [-0.2, -0.15) is 0 Å². The first kappa shape index (κ1) is 12.4. The molecule has 0 amide bonds. The van der Waals surface area contributed by atoms with Crippen LogP contribution in [0.2, 0.25) is 0 Å². The number of methoxy groups -OCH3 is 1. The third-order valence-corrected chi connectivity index (χ3v) is 2.87. The summed E-state index contributed by atoms with van der Waals surface area (Å²) >= 11 is 0. The van der Waals surface area contributed by atoms with Crippen molar-refractivity contribution in [2.45, 2.75) is 13.0 Å². The number of ether oxygens (including phenoxy) is 1. The van der Waals surface area contributed by atoms with E-state index in [1.54, 1.807) is 13.3 Å². The Balaban J connectivity index is 2.40. The summed E-state index contributed by atoms with van der Waals surface area (Å²) in [6.07, 6.45) is 1.73. The van der Waals surface area contributed by atoms with Gasteiger partial charge >= 0.3 is 0 Å². The van der Waals surface area contributed by atoms with E-state index in [4.69, 9.17) is 16.2 Å². The Labute approximate surface area is 107 Å². The quantitative estimate of drug-likeness (QED) is 0.865. The van der Waals surface area contributed by atoms with Crippen LogP contribution in [0.4, 0.5) is 5.82 Å². The topological polar surface area (TPSA) is 74.2 Å². The van der Waals surface area contributed by atoms with Gasteiger partial charge in [0.2, 0.25) is 0 Å². The summed E-state index contributed by atoms with van der Waals surface area (Å²) in [5.41, 5.74) is 14.9. The summed E-state index contributed by atoms with van der Waals surface area (Å²) in [5.74, 6) is 1.25. The van der Waals surface area contributed by atoms with Crippen LogP contribution in [-0.2, 0) is 0 Å². The van der Waals surface area contributed by atoms with Crippen molar-refractivity contribution in [2.24, 2.45) is 5.73 Å². The smallest absolute Gasteiger partial charge is 0.128 e. The summed E-state index contributed by atoms with van der Waals surface area (Å²) in [6.45, 7) is 1.97. The van der Waals surface area contributed by atoms with E-state index in [0.717, 1.165) is 22.4 Å². The maximum Gasteiger partial charge on any atom is 0.128 e. The molecule has 0 aliphatic rings. The fourth-order valence-corrected chi connectivity index (χ4v) is 1.87. The largest absolute Gasteiger partial charge is 0.497 e. The van der Waals surface area contributed by atoms with E-state index in [1.807, 2.05) is 37.3 Å². The number of benzene rings is 1. The Morgan fingerprint density at radius 1 is 1.28 bits per heavy atom. The van der Waals surface area contributed by atoms with Crippen molar-refractivity contribution in [3.63, 3.8) is 0 Å². The lowest BCUT2D eigenvalue weighted by Crippen LogP contribution is -2.15. The average molecular weight is 243 g/mol. The highest BCUT2D eigenvalue weighted by molar-refractivity contribution is 5.47. The van der Waals surface area contributed by atoms with E-state index in [-0.39, 0.29) is 6.04 Å². The SMILES string of the molecule is COc1cccc(C(N)c2cc(C)cnc2N)c1. The lowest BCUT2D eigenvalue weighted by atomic mass is 9.99. The summed E-state index contributed by atoms with van der Waals surface area (Å²) < 4.78 is 5.19. The molecule has 0 saturated carbocycles. The van der Waals surface area contributed by atoms with Crippen molar-refractivity contribution in [2.75, 3.05) is 12.8 Å². The molecule has 4 nitrogen and oxygen atoms in total. The number of aryl methyl sites for hydroxylation is 1. The molecule has 0 fully saturated rings. The van der Waals surface area contributed by atoms with E-state index in [9.17, 15) is 0 Å². The normalized spacial score (nSPS) is 12.2. The molecule has 18 heavy (non-hydrogen) atoms. The van der Waals surface area contributed by atoms with Crippen LogP contribution in [0.1, 0.15) is 22.7 Å². The van der Waals surface area contributed by atoms with E-state index in [1.165, 1.54) is 0 Å². The molecule has 0 radical (unpaired) electrons. The predicted molar refractivity (Wildman–Crippen MR) is 72.4 cm³/mol. The number of nitrogens with two attached hydrogens (primary N) is 2. The van der Waals surface area contributed by atoms with Crippen LogP contribution >= 0.6 is 0 Å². The van der Waals surface area contributed by atoms with Gasteiger partial charge in [0.25, 0.3) is 0 Å². The van der Waals surface area contributed by atoms with Crippen LogP contribution in [0.5, 0.6) is 5.75 Å². The molecule has 1 heterocycles. The van der Waals surface area contributed by atoms with Gasteiger partial charge in [0.1, 0.15) is 11.6 Å². The van der Waals surface area contributed by atoms with Crippen molar-refractivity contribution in [1.29, 1.82) is 0 Å². The van der Waals surface area contributed by atoms with Crippen molar-refractivity contribution < 1.29 is 4.74 Å². The fraction of sp³-hybridized carbons (Fsp3) is 0.214. The van der Waals surface area contributed by atoms with Gasteiger partial charge in [-0.1, -0.05) is 12.1 Å². The third kappa shape index (κ3) is 2.43. The molecule has 2 rings (SSSR count). The van der Waals surface area contributed by atoms with Crippen molar-refractivity contribution in [1.82, 2.24) is 4.98 Å². The molecule has 1 unspecified atom stereocenters. The van der Waals surface area contributed by atoms with Gasteiger partial charge in [-0.15, -0.1) is 0 Å². The molecule has 94 valence electrons.